The number of carbonyl (C=O) groups is 2. The van der Waals surface area contributed by atoms with Crippen molar-refractivity contribution in [3.05, 3.63) is 65.8 Å². The van der Waals surface area contributed by atoms with Gasteiger partial charge in [-0.3, -0.25) is 0 Å². The van der Waals surface area contributed by atoms with E-state index in [4.69, 9.17) is 14.0 Å². The van der Waals surface area contributed by atoms with Crippen molar-refractivity contribution in [1.29, 1.82) is 0 Å². The van der Waals surface area contributed by atoms with Crippen LogP contribution >= 0.6 is 0 Å². The van der Waals surface area contributed by atoms with Crippen LogP contribution < -0.4 is 5.32 Å². The highest BCUT2D eigenvalue weighted by Gasteiger charge is 2.26. The Morgan fingerprint density at radius 3 is 2.38 bits per heavy atom. The van der Waals surface area contributed by atoms with E-state index in [0.29, 0.717) is 17.9 Å². The monoisotopic (exact) mass is 469 g/mol. The van der Waals surface area contributed by atoms with Crippen LogP contribution in [0.1, 0.15) is 70.6 Å². The number of imidazole rings is 1. The number of alkyl carbamates (subject to hydrolysis) is 1. The lowest BCUT2D eigenvalue weighted by atomic mass is 10.1. The molecule has 3 rings (SSSR count). The molecule has 10 nitrogen and oxygen atoms in total. The molecule has 10 heteroatoms. The third kappa shape index (κ3) is 7.72. The van der Waals surface area contributed by atoms with Gasteiger partial charge in [-0.25, -0.2) is 19.1 Å². The number of aromatic nitrogens is 4. The van der Waals surface area contributed by atoms with Gasteiger partial charge in [-0.15, -0.1) is 0 Å². The van der Waals surface area contributed by atoms with Gasteiger partial charge in [0.15, 0.2) is 5.82 Å². The number of rotatable bonds is 6. The zero-order chi connectivity index (χ0) is 24.9. The van der Waals surface area contributed by atoms with Crippen LogP contribution in [0.2, 0.25) is 0 Å². The summed E-state index contributed by atoms with van der Waals surface area (Å²) in [4.78, 5) is 33.5. The van der Waals surface area contributed by atoms with E-state index >= 15 is 0 Å². The third-order valence-corrected chi connectivity index (χ3v) is 4.33. The molecule has 2 aromatic heterocycles. The van der Waals surface area contributed by atoms with Crippen LogP contribution in [0, 0.1) is 0 Å². The molecule has 0 bridgehead atoms. The maximum Gasteiger partial charge on any atom is 0.419 e. The molecule has 3 aromatic rings. The summed E-state index contributed by atoms with van der Waals surface area (Å²) >= 11 is 0. The van der Waals surface area contributed by atoms with Gasteiger partial charge < -0.3 is 19.3 Å². The van der Waals surface area contributed by atoms with E-state index in [2.05, 4.69) is 20.4 Å². The van der Waals surface area contributed by atoms with Crippen molar-refractivity contribution in [3.8, 4) is 0 Å². The molecular weight excluding hydrogens is 438 g/mol. The fourth-order valence-corrected chi connectivity index (χ4v) is 3.00. The Morgan fingerprint density at radius 1 is 1.06 bits per heavy atom. The number of amides is 1. The van der Waals surface area contributed by atoms with E-state index in [0.717, 1.165) is 5.56 Å². The minimum absolute atomic E-state index is 0.196. The SMILES string of the molecule is CC(C)(C)OC(=O)NC(Cc1cn(C(=O)OC(C)(C)C)cn1)c1nc(Cc2ccccc2)no1. The summed E-state index contributed by atoms with van der Waals surface area (Å²) in [5.74, 6) is 0.695. The number of nitrogens with one attached hydrogen (secondary N) is 1. The Morgan fingerprint density at radius 2 is 1.74 bits per heavy atom. The summed E-state index contributed by atoms with van der Waals surface area (Å²) in [6.45, 7) is 10.7. The first-order valence-corrected chi connectivity index (χ1v) is 11.0. The minimum atomic E-state index is -0.714. The lowest BCUT2D eigenvalue weighted by molar-refractivity contribution is 0.0489. The Bertz CT molecular complexity index is 1110. The molecule has 0 spiro atoms. The lowest BCUT2D eigenvalue weighted by Gasteiger charge is -2.22. The summed E-state index contributed by atoms with van der Waals surface area (Å²) in [5.41, 5.74) is 0.235. The average Bonchev–Trinajstić information content (AvgIpc) is 3.35. The van der Waals surface area contributed by atoms with E-state index in [-0.39, 0.29) is 12.3 Å². The van der Waals surface area contributed by atoms with Crippen molar-refractivity contribution < 1.29 is 23.6 Å². The molecular formula is C24H31N5O5. The maximum atomic E-state index is 12.5. The number of ether oxygens (including phenoxy) is 2. The first-order chi connectivity index (χ1) is 15.9. The van der Waals surface area contributed by atoms with Crippen molar-refractivity contribution in [3.63, 3.8) is 0 Å². The van der Waals surface area contributed by atoms with Gasteiger partial charge in [0.2, 0.25) is 5.89 Å². The second-order valence-corrected chi connectivity index (χ2v) is 9.87. The molecule has 1 N–H and O–H groups in total. The molecule has 34 heavy (non-hydrogen) atoms. The summed E-state index contributed by atoms with van der Waals surface area (Å²) in [5, 5.41) is 6.82. The van der Waals surface area contributed by atoms with Gasteiger partial charge in [-0.1, -0.05) is 35.5 Å². The quantitative estimate of drug-likeness (QED) is 0.562. The smallest absolute Gasteiger partial charge is 0.419 e. The van der Waals surface area contributed by atoms with Crippen molar-refractivity contribution >= 4 is 12.2 Å². The average molecular weight is 470 g/mol. The molecule has 0 radical (unpaired) electrons. The van der Waals surface area contributed by atoms with Gasteiger partial charge in [-0.05, 0) is 47.1 Å². The Balaban J connectivity index is 1.78. The molecule has 1 aromatic carbocycles. The highest BCUT2D eigenvalue weighted by Crippen LogP contribution is 2.19. The fourth-order valence-electron chi connectivity index (χ4n) is 3.00. The fraction of sp³-hybridized carbons (Fsp3) is 0.458. The van der Waals surface area contributed by atoms with Crippen LogP contribution in [-0.4, -0.2) is 43.1 Å². The lowest BCUT2D eigenvalue weighted by Crippen LogP contribution is -2.36. The van der Waals surface area contributed by atoms with Crippen LogP contribution in [-0.2, 0) is 22.3 Å². The van der Waals surface area contributed by atoms with Crippen LogP contribution in [0.4, 0.5) is 9.59 Å². The summed E-state index contributed by atoms with van der Waals surface area (Å²) < 4.78 is 17.5. The van der Waals surface area contributed by atoms with E-state index in [9.17, 15) is 9.59 Å². The standard InChI is InChI=1S/C24H31N5O5/c1-23(2,3)32-21(30)26-18(13-17-14-29(15-25-17)22(31)33-24(4,5)6)20-27-19(28-34-20)12-16-10-8-7-9-11-16/h7-11,14-15,18H,12-13H2,1-6H3,(H,26,30). The number of nitrogens with zero attached hydrogens (tertiary/aromatic N) is 4. The first kappa shape index (κ1) is 24.9. The molecule has 0 aliphatic heterocycles. The van der Waals surface area contributed by atoms with Crippen LogP contribution in [0.5, 0.6) is 0 Å². The van der Waals surface area contributed by atoms with E-state index < -0.39 is 29.4 Å². The highest BCUT2D eigenvalue weighted by molar-refractivity contribution is 5.70. The van der Waals surface area contributed by atoms with Crippen LogP contribution in [0.25, 0.3) is 0 Å². The first-order valence-electron chi connectivity index (χ1n) is 11.0. The molecule has 0 aliphatic carbocycles. The van der Waals surface area contributed by atoms with Gasteiger partial charge in [-0.2, -0.15) is 4.98 Å². The Hall–Kier alpha value is -3.69. The summed E-state index contributed by atoms with van der Waals surface area (Å²) in [7, 11) is 0. The molecule has 182 valence electrons. The van der Waals surface area contributed by atoms with Crippen molar-refractivity contribution in [1.82, 2.24) is 25.0 Å². The predicted octanol–water partition coefficient (Wildman–Crippen LogP) is 4.45. The van der Waals surface area contributed by atoms with Gasteiger partial charge in [0.25, 0.3) is 0 Å². The van der Waals surface area contributed by atoms with Gasteiger partial charge in [0.1, 0.15) is 23.6 Å². The number of hydrogen-bond acceptors (Lipinski definition) is 8. The van der Waals surface area contributed by atoms with E-state index in [1.165, 1.54) is 10.9 Å². The van der Waals surface area contributed by atoms with E-state index in [1.807, 2.05) is 30.3 Å². The number of carbonyl (C=O) groups excluding carboxylic acids is 2. The Kier molecular flexibility index (Phi) is 7.38. The largest absolute Gasteiger partial charge is 0.444 e. The zero-order valence-corrected chi connectivity index (χ0v) is 20.4. The molecule has 0 saturated carbocycles. The third-order valence-electron chi connectivity index (χ3n) is 4.33. The van der Waals surface area contributed by atoms with Crippen molar-refractivity contribution in [2.24, 2.45) is 0 Å². The van der Waals surface area contributed by atoms with Crippen LogP contribution in [0.15, 0.2) is 47.4 Å². The van der Waals surface area contributed by atoms with E-state index in [1.54, 1.807) is 47.7 Å². The summed E-state index contributed by atoms with van der Waals surface area (Å²) in [6.07, 6.45) is 2.40. The predicted molar refractivity (Wildman–Crippen MR) is 123 cm³/mol. The molecule has 1 amide bonds. The number of benzene rings is 1. The van der Waals surface area contributed by atoms with Crippen LogP contribution in [0.3, 0.4) is 0 Å². The highest BCUT2D eigenvalue weighted by atomic mass is 16.6. The summed E-state index contributed by atoms with van der Waals surface area (Å²) in [6, 6.07) is 9.02. The molecule has 0 fully saturated rings. The number of hydrogen-bond donors (Lipinski definition) is 1. The molecule has 1 atom stereocenters. The second-order valence-electron chi connectivity index (χ2n) is 9.87. The maximum absolute atomic E-state index is 12.5. The van der Waals surface area contributed by atoms with Gasteiger partial charge >= 0.3 is 12.2 Å². The molecule has 2 heterocycles. The normalized spacial score (nSPS) is 12.8. The molecule has 0 aliphatic rings. The van der Waals surface area contributed by atoms with Gasteiger partial charge in [0, 0.05) is 19.0 Å². The molecule has 1 unspecified atom stereocenters. The molecule has 0 saturated heterocycles. The zero-order valence-electron chi connectivity index (χ0n) is 20.4. The Labute approximate surface area is 198 Å². The van der Waals surface area contributed by atoms with Crippen molar-refractivity contribution in [2.75, 3.05) is 0 Å². The van der Waals surface area contributed by atoms with Gasteiger partial charge in [0.05, 0.1) is 5.69 Å². The topological polar surface area (TPSA) is 121 Å². The second kappa shape index (κ2) is 10.1. The minimum Gasteiger partial charge on any atom is -0.444 e. The van der Waals surface area contributed by atoms with Crippen molar-refractivity contribution in [2.45, 2.75) is 71.6 Å².